The van der Waals surface area contributed by atoms with Gasteiger partial charge >= 0.3 is 0 Å². The summed E-state index contributed by atoms with van der Waals surface area (Å²) in [5.74, 6) is 1.02. The molecule has 1 aromatic rings. The summed E-state index contributed by atoms with van der Waals surface area (Å²) in [6, 6.07) is -0.0182. The highest BCUT2D eigenvalue weighted by molar-refractivity contribution is 7.91. The molecule has 0 spiro atoms. The molecule has 100 valence electrons. The first-order chi connectivity index (χ1) is 8.52. The van der Waals surface area contributed by atoms with Crippen molar-refractivity contribution in [2.75, 3.05) is 30.0 Å². The zero-order valence-corrected chi connectivity index (χ0v) is 11.2. The van der Waals surface area contributed by atoms with Gasteiger partial charge in [-0.1, -0.05) is 0 Å². The van der Waals surface area contributed by atoms with Gasteiger partial charge in [-0.15, -0.1) is 0 Å². The summed E-state index contributed by atoms with van der Waals surface area (Å²) in [4.78, 5) is 10.4. The highest BCUT2D eigenvalue weighted by atomic mass is 32.2. The summed E-state index contributed by atoms with van der Waals surface area (Å²) in [6.07, 6.45) is 4.89. The highest BCUT2D eigenvalue weighted by Crippen LogP contribution is 2.19. The van der Waals surface area contributed by atoms with Crippen LogP contribution in [0.2, 0.25) is 0 Å². The Morgan fingerprint density at radius 1 is 1.44 bits per heavy atom. The van der Waals surface area contributed by atoms with Gasteiger partial charge in [0.05, 0.1) is 11.5 Å². The van der Waals surface area contributed by atoms with E-state index in [4.69, 9.17) is 5.73 Å². The van der Waals surface area contributed by atoms with Crippen LogP contribution >= 0.6 is 0 Å². The third-order valence-electron chi connectivity index (χ3n) is 3.20. The van der Waals surface area contributed by atoms with Gasteiger partial charge in [0.1, 0.15) is 0 Å². The van der Waals surface area contributed by atoms with E-state index in [1.807, 2.05) is 11.9 Å². The Hall–Kier alpha value is -1.21. The second kappa shape index (κ2) is 5.19. The molecule has 1 aliphatic rings. The van der Waals surface area contributed by atoms with Gasteiger partial charge in [0.25, 0.3) is 0 Å². The first kappa shape index (κ1) is 13.2. The van der Waals surface area contributed by atoms with E-state index < -0.39 is 9.84 Å². The monoisotopic (exact) mass is 270 g/mol. The average Bonchev–Trinajstić information content (AvgIpc) is 2.70. The van der Waals surface area contributed by atoms with Gasteiger partial charge in [-0.3, -0.25) is 0 Å². The van der Waals surface area contributed by atoms with Gasteiger partial charge in [-0.05, 0) is 24.9 Å². The lowest BCUT2D eigenvalue weighted by Crippen LogP contribution is -2.33. The molecule has 1 fully saturated rings. The lowest BCUT2D eigenvalue weighted by molar-refractivity contribution is 0.600. The fourth-order valence-corrected chi connectivity index (χ4v) is 3.84. The first-order valence-corrected chi connectivity index (χ1v) is 7.78. The molecular weight excluding hydrogens is 252 g/mol. The lowest BCUT2D eigenvalue weighted by Gasteiger charge is -2.23. The number of sulfone groups is 1. The predicted molar refractivity (Wildman–Crippen MR) is 70.3 cm³/mol. The Balaban J connectivity index is 2.07. The van der Waals surface area contributed by atoms with Crippen molar-refractivity contribution >= 4 is 15.8 Å². The molecule has 18 heavy (non-hydrogen) atoms. The van der Waals surface area contributed by atoms with Crippen LogP contribution in [0.15, 0.2) is 12.4 Å². The topological polar surface area (TPSA) is 89.2 Å². The fraction of sp³-hybridized carbons (Fsp3) is 0.636. The van der Waals surface area contributed by atoms with Gasteiger partial charge in [0, 0.05) is 25.5 Å². The molecule has 0 bridgehead atoms. The van der Waals surface area contributed by atoms with Gasteiger partial charge in [0.2, 0.25) is 5.95 Å². The zero-order valence-electron chi connectivity index (χ0n) is 10.4. The average molecular weight is 270 g/mol. The third kappa shape index (κ3) is 2.97. The Labute approximate surface area is 107 Å². The Kier molecular flexibility index (Phi) is 3.82. The van der Waals surface area contributed by atoms with Crippen LogP contribution < -0.4 is 10.6 Å². The maximum atomic E-state index is 11.4. The van der Waals surface area contributed by atoms with Gasteiger partial charge in [-0.25, -0.2) is 18.4 Å². The molecule has 6 nitrogen and oxygen atoms in total. The van der Waals surface area contributed by atoms with E-state index in [1.54, 1.807) is 12.4 Å². The SMILES string of the molecule is CN(c1ncc(CCN)cn1)C1CCS(=O)(=O)C1. The number of hydrogen-bond acceptors (Lipinski definition) is 6. The summed E-state index contributed by atoms with van der Waals surface area (Å²) in [6.45, 7) is 0.569. The summed E-state index contributed by atoms with van der Waals surface area (Å²) >= 11 is 0. The first-order valence-electron chi connectivity index (χ1n) is 5.96. The van der Waals surface area contributed by atoms with Crippen LogP contribution in [0.5, 0.6) is 0 Å². The van der Waals surface area contributed by atoms with Gasteiger partial charge in [-0.2, -0.15) is 0 Å². The third-order valence-corrected chi connectivity index (χ3v) is 4.95. The van der Waals surface area contributed by atoms with Crippen LogP contribution in [-0.2, 0) is 16.3 Å². The van der Waals surface area contributed by atoms with Crippen molar-refractivity contribution in [3.05, 3.63) is 18.0 Å². The summed E-state index contributed by atoms with van der Waals surface area (Å²) in [5.41, 5.74) is 6.45. The lowest BCUT2D eigenvalue weighted by atomic mass is 10.2. The smallest absolute Gasteiger partial charge is 0.225 e. The number of nitrogens with zero attached hydrogens (tertiary/aromatic N) is 3. The van der Waals surface area contributed by atoms with E-state index >= 15 is 0 Å². The molecule has 2 rings (SSSR count). The van der Waals surface area contributed by atoms with Crippen molar-refractivity contribution in [2.45, 2.75) is 18.9 Å². The van der Waals surface area contributed by atoms with Gasteiger partial charge < -0.3 is 10.6 Å². The van der Waals surface area contributed by atoms with E-state index in [9.17, 15) is 8.42 Å². The quantitative estimate of drug-likeness (QED) is 0.801. The normalized spacial score (nSPS) is 22.0. The highest BCUT2D eigenvalue weighted by Gasteiger charge is 2.31. The molecule has 0 aromatic carbocycles. The molecule has 2 N–H and O–H groups in total. The van der Waals surface area contributed by atoms with Crippen molar-refractivity contribution in [3.63, 3.8) is 0 Å². The van der Waals surface area contributed by atoms with Crippen LogP contribution in [0.25, 0.3) is 0 Å². The van der Waals surface area contributed by atoms with E-state index in [-0.39, 0.29) is 17.5 Å². The number of anilines is 1. The minimum Gasteiger partial charge on any atom is -0.340 e. The number of aromatic nitrogens is 2. The largest absolute Gasteiger partial charge is 0.340 e. The maximum absolute atomic E-state index is 11.4. The molecule has 1 unspecified atom stereocenters. The standard InChI is InChI=1S/C11H18N4O2S/c1-15(10-3-5-18(16,17)8-10)11-13-6-9(2-4-12)7-14-11/h6-7,10H,2-5,8,12H2,1H3. The number of rotatable bonds is 4. The summed E-state index contributed by atoms with van der Waals surface area (Å²) in [5, 5.41) is 0. The Morgan fingerprint density at radius 2 is 2.11 bits per heavy atom. The van der Waals surface area contributed by atoms with Crippen LogP contribution in [0.4, 0.5) is 5.95 Å². The van der Waals surface area contributed by atoms with Crippen molar-refractivity contribution in [1.82, 2.24) is 9.97 Å². The van der Waals surface area contributed by atoms with E-state index in [2.05, 4.69) is 9.97 Å². The summed E-state index contributed by atoms with van der Waals surface area (Å²) in [7, 11) is -1.04. The predicted octanol–water partition coefficient (Wildman–Crippen LogP) is -0.399. The second-order valence-corrected chi connectivity index (χ2v) is 6.83. The molecular formula is C11H18N4O2S. The van der Waals surface area contributed by atoms with Crippen molar-refractivity contribution in [3.8, 4) is 0 Å². The van der Waals surface area contributed by atoms with Gasteiger partial charge in [0.15, 0.2) is 9.84 Å². The zero-order chi connectivity index (χ0) is 13.2. The molecule has 0 radical (unpaired) electrons. The minimum atomic E-state index is -2.88. The van der Waals surface area contributed by atoms with Crippen molar-refractivity contribution < 1.29 is 8.42 Å². The van der Waals surface area contributed by atoms with Crippen LogP contribution in [0.1, 0.15) is 12.0 Å². The minimum absolute atomic E-state index is 0.0182. The van der Waals surface area contributed by atoms with E-state index in [1.165, 1.54) is 0 Å². The second-order valence-electron chi connectivity index (χ2n) is 4.60. The molecule has 1 aromatic heterocycles. The molecule has 0 saturated carbocycles. The molecule has 1 aliphatic heterocycles. The number of hydrogen-bond donors (Lipinski definition) is 1. The Morgan fingerprint density at radius 3 is 2.61 bits per heavy atom. The molecule has 1 atom stereocenters. The van der Waals surface area contributed by atoms with E-state index in [0.29, 0.717) is 18.9 Å². The van der Waals surface area contributed by atoms with Crippen LogP contribution in [-0.4, -0.2) is 49.5 Å². The fourth-order valence-electron chi connectivity index (χ4n) is 2.07. The molecule has 1 saturated heterocycles. The van der Waals surface area contributed by atoms with Crippen LogP contribution in [0, 0.1) is 0 Å². The van der Waals surface area contributed by atoms with Crippen molar-refractivity contribution in [1.29, 1.82) is 0 Å². The maximum Gasteiger partial charge on any atom is 0.225 e. The van der Waals surface area contributed by atoms with Crippen molar-refractivity contribution in [2.24, 2.45) is 5.73 Å². The van der Waals surface area contributed by atoms with E-state index in [0.717, 1.165) is 12.0 Å². The molecule has 0 amide bonds. The summed E-state index contributed by atoms with van der Waals surface area (Å²) < 4.78 is 22.9. The molecule has 0 aliphatic carbocycles. The molecule has 2 heterocycles. The molecule has 7 heteroatoms. The van der Waals surface area contributed by atoms with Crippen LogP contribution in [0.3, 0.4) is 0 Å². The Bertz CT molecular complexity index is 500. The number of nitrogens with two attached hydrogens (primary N) is 1.